The molecule has 2 saturated heterocycles. The van der Waals surface area contributed by atoms with Gasteiger partial charge < -0.3 is 14.8 Å². The molecule has 0 amide bonds. The topological polar surface area (TPSA) is 33.7 Å². The molecule has 0 aromatic rings. The van der Waals surface area contributed by atoms with Gasteiger partial charge in [-0.05, 0) is 26.7 Å². The maximum absolute atomic E-state index is 5.50. The monoisotopic (exact) mass is 242 g/mol. The van der Waals surface area contributed by atoms with Crippen molar-refractivity contribution in [3.05, 3.63) is 0 Å². The number of rotatable bonds is 4. The minimum Gasteiger partial charge on any atom is -0.380 e. The lowest BCUT2D eigenvalue weighted by atomic mass is 10.0. The van der Waals surface area contributed by atoms with Crippen molar-refractivity contribution in [2.75, 3.05) is 46.1 Å². The summed E-state index contributed by atoms with van der Waals surface area (Å²) in [6.07, 6.45) is 2.44. The Labute approximate surface area is 105 Å². The Hall–Kier alpha value is -0.160. The molecule has 17 heavy (non-hydrogen) atoms. The van der Waals surface area contributed by atoms with Crippen LogP contribution >= 0.6 is 0 Å². The summed E-state index contributed by atoms with van der Waals surface area (Å²) >= 11 is 0. The fourth-order valence-corrected chi connectivity index (χ4v) is 2.58. The smallest absolute Gasteiger partial charge is 0.0619 e. The summed E-state index contributed by atoms with van der Waals surface area (Å²) in [6.45, 7) is 11.3. The molecule has 2 rings (SSSR count). The number of nitrogens with one attached hydrogen (secondary N) is 1. The summed E-state index contributed by atoms with van der Waals surface area (Å²) in [5.41, 5.74) is 0.210. The van der Waals surface area contributed by atoms with E-state index in [0.717, 1.165) is 46.1 Å². The lowest BCUT2D eigenvalue weighted by molar-refractivity contribution is -0.0129. The minimum absolute atomic E-state index is 0.210. The normalized spacial score (nSPS) is 28.2. The molecule has 0 aromatic heterocycles. The Bertz CT molecular complexity index is 221. The zero-order valence-electron chi connectivity index (χ0n) is 11.2. The van der Waals surface area contributed by atoms with Crippen molar-refractivity contribution in [1.82, 2.24) is 10.2 Å². The van der Waals surface area contributed by atoms with E-state index in [4.69, 9.17) is 9.47 Å². The van der Waals surface area contributed by atoms with Crippen LogP contribution in [0.15, 0.2) is 0 Å². The van der Waals surface area contributed by atoms with Crippen LogP contribution in [0.4, 0.5) is 0 Å². The highest BCUT2D eigenvalue weighted by molar-refractivity contribution is 4.87. The van der Waals surface area contributed by atoms with Gasteiger partial charge in [0.1, 0.15) is 0 Å². The summed E-state index contributed by atoms with van der Waals surface area (Å²) in [7, 11) is 0. The van der Waals surface area contributed by atoms with E-state index in [1.165, 1.54) is 12.8 Å². The first-order valence-electron chi connectivity index (χ1n) is 6.82. The van der Waals surface area contributed by atoms with Gasteiger partial charge in [0.15, 0.2) is 0 Å². The van der Waals surface area contributed by atoms with Crippen LogP contribution in [0.3, 0.4) is 0 Å². The molecule has 2 aliphatic heterocycles. The van der Waals surface area contributed by atoms with E-state index in [2.05, 4.69) is 24.1 Å². The average Bonchev–Trinajstić information content (AvgIpc) is 2.39. The van der Waals surface area contributed by atoms with Crippen molar-refractivity contribution < 1.29 is 9.47 Å². The first-order valence-corrected chi connectivity index (χ1v) is 6.82. The average molecular weight is 242 g/mol. The fraction of sp³-hybridized carbons (Fsp3) is 1.00. The number of ether oxygens (including phenoxy) is 2. The van der Waals surface area contributed by atoms with Gasteiger partial charge in [-0.3, -0.25) is 4.90 Å². The Balaban J connectivity index is 1.75. The first kappa shape index (κ1) is 13.3. The lowest BCUT2D eigenvalue weighted by Gasteiger charge is -2.42. The van der Waals surface area contributed by atoms with Gasteiger partial charge in [0.2, 0.25) is 0 Å². The second-order valence-electron chi connectivity index (χ2n) is 5.71. The third-order valence-corrected chi connectivity index (χ3v) is 3.85. The van der Waals surface area contributed by atoms with E-state index >= 15 is 0 Å². The summed E-state index contributed by atoms with van der Waals surface area (Å²) in [5.74, 6) is 0. The SMILES string of the molecule is CC(C)(CNC1CCCOC1)N1CCOCC1. The summed E-state index contributed by atoms with van der Waals surface area (Å²) in [5, 5.41) is 3.65. The minimum atomic E-state index is 0.210. The standard InChI is InChI=1S/C13H26N2O2/c1-13(2,15-5-8-16-9-6-15)11-14-12-4-3-7-17-10-12/h12,14H,3-11H2,1-2H3. The molecule has 0 radical (unpaired) electrons. The molecule has 0 spiro atoms. The Kier molecular flexibility index (Phi) is 4.79. The molecule has 2 heterocycles. The van der Waals surface area contributed by atoms with Gasteiger partial charge in [-0.25, -0.2) is 0 Å². The Morgan fingerprint density at radius 1 is 1.18 bits per heavy atom. The predicted octanol–water partition coefficient (Wildman–Crippen LogP) is 0.866. The number of nitrogens with zero attached hydrogens (tertiary/aromatic N) is 1. The van der Waals surface area contributed by atoms with Gasteiger partial charge in [-0.15, -0.1) is 0 Å². The molecule has 1 N–H and O–H groups in total. The summed E-state index contributed by atoms with van der Waals surface area (Å²) in [4.78, 5) is 2.52. The maximum atomic E-state index is 5.50. The summed E-state index contributed by atoms with van der Waals surface area (Å²) < 4.78 is 10.9. The van der Waals surface area contributed by atoms with Gasteiger partial charge >= 0.3 is 0 Å². The molecule has 4 heteroatoms. The Morgan fingerprint density at radius 3 is 2.59 bits per heavy atom. The maximum Gasteiger partial charge on any atom is 0.0619 e. The first-order chi connectivity index (χ1) is 8.18. The molecule has 0 aliphatic carbocycles. The predicted molar refractivity (Wildman–Crippen MR) is 68.3 cm³/mol. The molecular formula is C13H26N2O2. The molecule has 2 fully saturated rings. The van der Waals surface area contributed by atoms with Crippen molar-refractivity contribution >= 4 is 0 Å². The van der Waals surface area contributed by atoms with E-state index in [0.29, 0.717) is 6.04 Å². The highest BCUT2D eigenvalue weighted by atomic mass is 16.5. The van der Waals surface area contributed by atoms with Crippen LogP contribution in [0.25, 0.3) is 0 Å². The molecular weight excluding hydrogens is 216 g/mol. The number of hydrogen-bond donors (Lipinski definition) is 1. The van der Waals surface area contributed by atoms with Crippen LogP contribution in [-0.2, 0) is 9.47 Å². The molecule has 0 aromatic carbocycles. The van der Waals surface area contributed by atoms with E-state index < -0.39 is 0 Å². The molecule has 2 aliphatic rings. The van der Waals surface area contributed by atoms with Crippen molar-refractivity contribution in [2.24, 2.45) is 0 Å². The molecule has 100 valence electrons. The van der Waals surface area contributed by atoms with Crippen LogP contribution in [0.5, 0.6) is 0 Å². The van der Waals surface area contributed by atoms with Gasteiger partial charge in [0.25, 0.3) is 0 Å². The van der Waals surface area contributed by atoms with Crippen LogP contribution in [-0.4, -0.2) is 62.5 Å². The third-order valence-electron chi connectivity index (χ3n) is 3.85. The lowest BCUT2D eigenvalue weighted by Crippen LogP contribution is -2.56. The quantitative estimate of drug-likeness (QED) is 0.793. The highest BCUT2D eigenvalue weighted by Gasteiger charge is 2.28. The van der Waals surface area contributed by atoms with Crippen LogP contribution < -0.4 is 5.32 Å². The van der Waals surface area contributed by atoms with Crippen molar-refractivity contribution in [3.8, 4) is 0 Å². The molecule has 0 saturated carbocycles. The number of hydrogen-bond acceptors (Lipinski definition) is 4. The molecule has 4 nitrogen and oxygen atoms in total. The molecule has 1 unspecified atom stereocenters. The van der Waals surface area contributed by atoms with Crippen molar-refractivity contribution in [2.45, 2.75) is 38.3 Å². The van der Waals surface area contributed by atoms with Gasteiger partial charge in [-0.1, -0.05) is 0 Å². The van der Waals surface area contributed by atoms with Crippen molar-refractivity contribution in [3.63, 3.8) is 0 Å². The molecule has 1 atom stereocenters. The van der Waals surface area contributed by atoms with E-state index in [9.17, 15) is 0 Å². The second kappa shape index (κ2) is 6.14. The zero-order valence-corrected chi connectivity index (χ0v) is 11.2. The fourth-order valence-electron chi connectivity index (χ4n) is 2.58. The summed E-state index contributed by atoms with van der Waals surface area (Å²) in [6, 6.07) is 0.545. The van der Waals surface area contributed by atoms with Gasteiger partial charge in [0, 0.05) is 37.8 Å². The van der Waals surface area contributed by atoms with Crippen LogP contribution in [0.1, 0.15) is 26.7 Å². The zero-order chi connectivity index (χ0) is 12.1. The number of morpholine rings is 1. The third kappa shape index (κ3) is 3.91. The van der Waals surface area contributed by atoms with E-state index in [1.54, 1.807) is 0 Å². The van der Waals surface area contributed by atoms with E-state index in [-0.39, 0.29) is 5.54 Å². The molecule has 0 bridgehead atoms. The van der Waals surface area contributed by atoms with Gasteiger partial charge in [-0.2, -0.15) is 0 Å². The van der Waals surface area contributed by atoms with Gasteiger partial charge in [0.05, 0.1) is 19.8 Å². The second-order valence-corrected chi connectivity index (χ2v) is 5.71. The highest BCUT2D eigenvalue weighted by Crippen LogP contribution is 2.16. The van der Waals surface area contributed by atoms with Crippen molar-refractivity contribution in [1.29, 1.82) is 0 Å². The Morgan fingerprint density at radius 2 is 1.94 bits per heavy atom. The van der Waals surface area contributed by atoms with Crippen LogP contribution in [0, 0.1) is 0 Å². The van der Waals surface area contributed by atoms with Crippen LogP contribution in [0.2, 0.25) is 0 Å². The van der Waals surface area contributed by atoms with E-state index in [1.807, 2.05) is 0 Å². The largest absolute Gasteiger partial charge is 0.380 e.